The molecule has 1 aromatic carbocycles. The summed E-state index contributed by atoms with van der Waals surface area (Å²) in [4.78, 5) is 11.7. The molecule has 0 aliphatic carbocycles. The van der Waals surface area contributed by atoms with Crippen molar-refractivity contribution in [2.45, 2.75) is 6.92 Å². The number of rotatable bonds is 2. The Hall–Kier alpha value is -1.90. The Morgan fingerprint density at radius 3 is 2.67 bits per heavy atom. The first kappa shape index (κ1) is 9.65. The van der Waals surface area contributed by atoms with Crippen molar-refractivity contribution in [1.29, 1.82) is 0 Å². The molecule has 0 fully saturated rings. The van der Waals surface area contributed by atoms with Crippen molar-refractivity contribution in [1.82, 2.24) is 0 Å². The normalized spacial score (nSPS) is 10.3. The van der Waals surface area contributed by atoms with Gasteiger partial charge in [0.05, 0.1) is 11.8 Å². The molecule has 76 valence electrons. The van der Waals surface area contributed by atoms with E-state index in [0.29, 0.717) is 16.7 Å². The molecule has 0 atom stereocenters. The number of benzene rings is 1. The summed E-state index contributed by atoms with van der Waals surface area (Å²) < 4.78 is 18.0. The third-order valence-corrected chi connectivity index (χ3v) is 2.22. The van der Waals surface area contributed by atoms with Crippen LogP contribution in [0.4, 0.5) is 4.39 Å². The highest BCUT2D eigenvalue weighted by atomic mass is 19.1. The minimum atomic E-state index is -0.371. The summed E-state index contributed by atoms with van der Waals surface area (Å²) >= 11 is 0. The number of hydrogen-bond donors (Lipinski definition) is 0. The number of halogens is 1. The van der Waals surface area contributed by atoms with E-state index in [1.807, 2.05) is 0 Å². The van der Waals surface area contributed by atoms with Gasteiger partial charge in [-0.1, -0.05) is 12.1 Å². The summed E-state index contributed by atoms with van der Waals surface area (Å²) in [5.74, 6) is -0.605. The Balaban J connectivity index is 2.39. The zero-order chi connectivity index (χ0) is 10.8. The molecule has 0 aliphatic rings. The van der Waals surface area contributed by atoms with E-state index in [0.717, 1.165) is 0 Å². The summed E-state index contributed by atoms with van der Waals surface area (Å²) in [6, 6.07) is 5.99. The minimum Gasteiger partial charge on any atom is -0.472 e. The molecule has 0 saturated carbocycles. The molecule has 0 saturated heterocycles. The maximum Gasteiger partial charge on any atom is 0.196 e. The largest absolute Gasteiger partial charge is 0.472 e. The van der Waals surface area contributed by atoms with Crippen LogP contribution in [0.5, 0.6) is 0 Å². The molecule has 2 nitrogen and oxygen atoms in total. The second-order valence-electron chi connectivity index (χ2n) is 3.31. The predicted octanol–water partition coefficient (Wildman–Crippen LogP) is 2.96. The molecule has 2 rings (SSSR count). The average Bonchev–Trinajstić information content (AvgIpc) is 2.74. The molecule has 0 N–H and O–H groups in total. The van der Waals surface area contributed by atoms with E-state index in [4.69, 9.17) is 4.42 Å². The highest BCUT2D eigenvalue weighted by molar-refractivity contribution is 6.08. The van der Waals surface area contributed by atoms with Crippen molar-refractivity contribution in [3.63, 3.8) is 0 Å². The molecule has 1 aromatic heterocycles. The lowest BCUT2D eigenvalue weighted by atomic mass is 10.0. The van der Waals surface area contributed by atoms with E-state index in [1.54, 1.807) is 25.1 Å². The molecular formula is C12H9FO2. The van der Waals surface area contributed by atoms with Crippen LogP contribution >= 0.6 is 0 Å². The van der Waals surface area contributed by atoms with Gasteiger partial charge in [0.25, 0.3) is 0 Å². The topological polar surface area (TPSA) is 30.2 Å². The molecule has 15 heavy (non-hydrogen) atoms. The van der Waals surface area contributed by atoms with Gasteiger partial charge in [0.2, 0.25) is 0 Å². The number of aryl methyl sites for hydroxylation is 1. The number of carbonyl (C=O) groups is 1. The van der Waals surface area contributed by atoms with Crippen molar-refractivity contribution < 1.29 is 13.6 Å². The number of furan rings is 1. The summed E-state index contributed by atoms with van der Waals surface area (Å²) in [5.41, 5.74) is 1.29. The van der Waals surface area contributed by atoms with Gasteiger partial charge in [-0.05, 0) is 24.6 Å². The van der Waals surface area contributed by atoms with Gasteiger partial charge in [-0.25, -0.2) is 4.39 Å². The lowest BCUT2D eigenvalue weighted by Gasteiger charge is -2.00. The number of carbonyl (C=O) groups excluding carboxylic acids is 1. The third-order valence-electron chi connectivity index (χ3n) is 2.22. The van der Waals surface area contributed by atoms with Crippen LogP contribution in [0.1, 0.15) is 21.5 Å². The van der Waals surface area contributed by atoms with Crippen molar-refractivity contribution in [2.75, 3.05) is 0 Å². The van der Waals surface area contributed by atoms with Gasteiger partial charge < -0.3 is 4.42 Å². The maximum absolute atomic E-state index is 13.2. The smallest absolute Gasteiger partial charge is 0.196 e. The molecule has 0 bridgehead atoms. The molecule has 0 aliphatic heterocycles. The zero-order valence-corrected chi connectivity index (χ0v) is 8.16. The molecular weight excluding hydrogens is 195 g/mol. The average molecular weight is 204 g/mol. The van der Waals surface area contributed by atoms with Crippen molar-refractivity contribution in [2.24, 2.45) is 0 Å². The molecule has 3 heteroatoms. The van der Waals surface area contributed by atoms with Crippen LogP contribution in [-0.4, -0.2) is 5.78 Å². The van der Waals surface area contributed by atoms with Gasteiger partial charge in [0.15, 0.2) is 5.78 Å². The predicted molar refractivity (Wildman–Crippen MR) is 53.3 cm³/mol. The Bertz CT molecular complexity index is 486. The van der Waals surface area contributed by atoms with Crippen LogP contribution in [0.3, 0.4) is 0 Å². The molecule has 0 spiro atoms. The molecule has 2 aromatic rings. The van der Waals surface area contributed by atoms with Gasteiger partial charge in [0, 0.05) is 5.56 Å². The first-order valence-corrected chi connectivity index (χ1v) is 4.51. The van der Waals surface area contributed by atoms with Crippen LogP contribution in [0.15, 0.2) is 41.2 Å². The summed E-state index contributed by atoms with van der Waals surface area (Å²) in [6.45, 7) is 1.65. The van der Waals surface area contributed by atoms with Crippen LogP contribution in [0.2, 0.25) is 0 Å². The standard InChI is InChI=1S/C12H9FO2/c1-8-2-3-9(6-11(8)13)12(14)10-4-5-15-7-10/h2-7H,1H3. The van der Waals surface area contributed by atoms with Crippen LogP contribution in [0.25, 0.3) is 0 Å². The summed E-state index contributed by atoms with van der Waals surface area (Å²) in [6.07, 6.45) is 2.76. The second kappa shape index (κ2) is 3.69. The lowest BCUT2D eigenvalue weighted by Crippen LogP contribution is -2.00. The van der Waals surface area contributed by atoms with E-state index in [2.05, 4.69) is 0 Å². The minimum absolute atomic E-state index is 0.234. The van der Waals surface area contributed by atoms with Gasteiger partial charge in [-0.2, -0.15) is 0 Å². The van der Waals surface area contributed by atoms with E-state index >= 15 is 0 Å². The summed E-state index contributed by atoms with van der Waals surface area (Å²) in [5, 5.41) is 0. The van der Waals surface area contributed by atoms with Crippen LogP contribution < -0.4 is 0 Å². The van der Waals surface area contributed by atoms with Gasteiger partial charge >= 0.3 is 0 Å². The van der Waals surface area contributed by atoms with E-state index < -0.39 is 0 Å². The van der Waals surface area contributed by atoms with Crippen molar-refractivity contribution in [3.8, 4) is 0 Å². The maximum atomic E-state index is 13.2. The molecule has 0 amide bonds. The highest BCUT2D eigenvalue weighted by Crippen LogP contribution is 2.14. The Labute approximate surface area is 86.3 Å². The number of hydrogen-bond acceptors (Lipinski definition) is 2. The SMILES string of the molecule is Cc1ccc(C(=O)c2ccoc2)cc1F. The van der Waals surface area contributed by atoms with E-state index in [9.17, 15) is 9.18 Å². The van der Waals surface area contributed by atoms with Crippen LogP contribution in [-0.2, 0) is 0 Å². The fraction of sp³-hybridized carbons (Fsp3) is 0.0833. The third kappa shape index (κ3) is 1.81. The monoisotopic (exact) mass is 204 g/mol. The van der Waals surface area contributed by atoms with Gasteiger partial charge in [0.1, 0.15) is 12.1 Å². The Morgan fingerprint density at radius 1 is 1.27 bits per heavy atom. The second-order valence-corrected chi connectivity index (χ2v) is 3.31. The first-order valence-electron chi connectivity index (χ1n) is 4.51. The lowest BCUT2D eigenvalue weighted by molar-refractivity contribution is 0.103. The molecule has 0 unspecified atom stereocenters. The molecule has 1 heterocycles. The first-order chi connectivity index (χ1) is 7.18. The van der Waals surface area contributed by atoms with E-state index in [-0.39, 0.29) is 11.6 Å². The number of ketones is 1. The van der Waals surface area contributed by atoms with Crippen molar-refractivity contribution >= 4 is 5.78 Å². The highest BCUT2D eigenvalue weighted by Gasteiger charge is 2.11. The fourth-order valence-corrected chi connectivity index (χ4v) is 1.29. The van der Waals surface area contributed by atoms with E-state index in [1.165, 1.54) is 18.6 Å². The Morgan fingerprint density at radius 2 is 2.07 bits per heavy atom. The van der Waals surface area contributed by atoms with Crippen LogP contribution in [0, 0.1) is 12.7 Å². The van der Waals surface area contributed by atoms with Crippen molar-refractivity contribution in [3.05, 3.63) is 59.3 Å². The Kier molecular flexibility index (Phi) is 2.37. The zero-order valence-electron chi connectivity index (χ0n) is 8.16. The fourth-order valence-electron chi connectivity index (χ4n) is 1.29. The summed E-state index contributed by atoms with van der Waals surface area (Å²) in [7, 11) is 0. The quantitative estimate of drug-likeness (QED) is 0.704. The van der Waals surface area contributed by atoms with Gasteiger partial charge in [-0.15, -0.1) is 0 Å². The molecule has 0 radical (unpaired) electrons. The van der Waals surface area contributed by atoms with Gasteiger partial charge in [-0.3, -0.25) is 4.79 Å².